The van der Waals surface area contributed by atoms with Crippen LogP contribution in [0, 0.1) is 0 Å². The first kappa shape index (κ1) is 10.2. The van der Waals surface area contributed by atoms with Crippen LogP contribution in [0.5, 0.6) is 0 Å². The van der Waals surface area contributed by atoms with Crippen LogP contribution in [-0.2, 0) is 13.0 Å². The first-order valence-corrected chi connectivity index (χ1v) is 5.85. The van der Waals surface area contributed by atoms with Gasteiger partial charge in [-0.25, -0.2) is 0 Å². The highest BCUT2D eigenvalue weighted by molar-refractivity contribution is 5.66. The van der Waals surface area contributed by atoms with E-state index in [-0.39, 0.29) is 0 Å². The Bertz CT molecular complexity index is 507. The fraction of sp³-hybridized carbons (Fsp3) is 0.308. The van der Waals surface area contributed by atoms with Gasteiger partial charge in [0.1, 0.15) is 6.26 Å². The predicted octanol–water partition coefficient (Wildman–Crippen LogP) is 2.21. The average Bonchev–Trinajstić information content (AvgIpc) is 2.83. The van der Waals surface area contributed by atoms with Crippen molar-refractivity contribution >= 4 is 11.4 Å². The molecule has 2 heterocycles. The number of nitrogens with two attached hydrogens (primary N) is 1. The molecule has 1 aliphatic heterocycles. The molecule has 2 N–H and O–H groups in total. The smallest absolute Gasteiger partial charge is 0.128 e. The Morgan fingerprint density at radius 1 is 1.41 bits per heavy atom. The lowest BCUT2D eigenvalue weighted by Crippen LogP contribution is -2.29. The molecule has 0 saturated heterocycles. The Kier molecular flexibility index (Phi) is 2.48. The van der Waals surface area contributed by atoms with E-state index >= 15 is 0 Å². The van der Waals surface area contributed by atoms with Gasteiger partial charge in [-0.15, -0.1) is 0 Å². The van der Waals surface area contributed by atoms with Gasteiger partial charge in [0.2, 0.25) is 0 Å². The van der Waals surface area contributed by atoms with E-state index in [2.05, 4.69) is 16.1 Å². The number of fused-ring (bicyclic) bond motifs is 1. The zero-order chi connectivity index (χ0) is 11.7. The largest absolute Gasteiger partial charge is 0.398 e. The second-order valence-corrected chi connectivity index (χ2v) is 4.40. The van der Waals surface area contributed by atoms with Crippen LogP contribution < -0.4 is 10.6 Å². The van der Waals surface area contributed by atoms with E-state index in [1.807, 2.05) is 12.1 Å². The Hall–Kier alpha value is -1.97. The lowest BCUT2D eigenvalue weighted by molar-refractivity contribution is 0.418. The van der Waals surface area contributed by atoms with Crippen LogP contribution in [-0.4, -0.2) is 11.7 Å². The Morgan fingerprint density at radius 2 is 2.35 bits per heavy atom. The highest BCUT2D eigenvalue weighted by Gasteiger charge is 2.18. The lowest BCUT2D eigenvalue weighted by Gasteiger charge is -2.31. The fourth-order valence-corrected chi connectivity index (χ4v) is 2.42. The number of rotatable bonds is 2. The third-order valence-corrected chi connectivity index (χ3v) is 3.24. The summed E-state index contributed by atoms with van der Waals surface area (Å²) in [6.07, 6.45) is 5.68. The van der Waals surface area contributed by atoms with E-state index in [1.54, 1.807) is 12.5 Å². The zero-order valence-corrected chi connectivity index (χ0v) is 9.60. The van der Waals surface area contributed by atoms with Crippen LogP contribution in [0.4, 0.5) is 11.4 Å². The van der Waals surface area contributed by atoms with Crippen molar-refractivity contribution in [1.82, 2.24) is 5.16 Å². The molecular weight excluding hydrogens is 214 g/mol. The van der Waals surface area contributed by atoms with Gasteiger partial charge in [-0.2, -0.15) is 0 Å². The molecule has 88 valence electrons. The van der Waals surface area contributed by atoms with E-state index in [1.165, 1.54) is 11.3 Å². The number of anilines is 2. The summed E-state index contributed by atoms with van der Waals surface area (Å²) in [5, 5.41) is 3.73. The van der Waals surface area contributed by atoms with Gasteiger partial charge in [-0.05, 0) is 30.5 Å². The molecule has 4 nitrogen and oxygen atoms in total. The molecule has 0 bridgehead atoms. The normalized spacial score (nSPS) is 14.7. The first-order chi connectivity index (χ1) is 8.34. The first-order valence-electron chi connectivity index (χ1n) is 5.85. The number of aromatic nitrogens is 1. The minimum atomic E-state index is 0.833. The van der Waals surface area contributed by atoms with Crippen LogP contribution in [0.3, 0.4) is 0 Å². The van der Waals surface area contributed by atoms with Crippen molar-refractivity contribution in [2.75, 3.05) is 17.2 Å². The fourth-order valence-electron chi connectivity index (χ4n) is 2.42. The summed E-state index contributed by atoms with van der Waals surface area (Å²) >= 11 is 0. The molecule has 1 aromatic carbocycles. The molecule has 0 unspecified atom stereocenters. The summed E-state index contributed by atoms with van der Waals surface area (Å²) in [6, 6.07) is 6.13. The Morgan fingerprint density at radius 3 is 3.18 bits per heavy atom. The number of benzene rings is 1. The van der Waals surface area contributed by atoms with Crippen molar-refractivity contribution < 1.29 is 4.52 Å². The van der Waals surface area contributed by atoms with Crippen LogP contribution >= 0.6 is 0 Å². The standard InChI is InChI=1S/C13H15N3O/c14-12-4-1-5-13-11(12)3-2-6-16(13)8-10-7-15-17-9-10/h1,4-5,7,9H,2-3,6,8,14H2. The van der Waals surface area contributed by atoms with Crippen molar-refractivity contribution in [3.63, 3.8) is 0 Å². The molecule has 17 heavy (non-hydrogen) atoms. The maximum absolute atomic E-state index is 6.02. The van der Waals surface area contributed by atoms with Crippen molar-refractivity contribution in [1.29, 1.82) is 0 Å². The summed E-state index contributed by atoms with van der Waals surface area (Å²) in [6.45, 7) is 1.89. The molecule has 0 amide bonds. The molecule has 0 radical (unpaired) electrons. The van der Waals surface area contributed by atoms with Gasteiger partial charge in [0, 0.05) is 30.0 Å². The average molecular weight is 229 g/mol. The SMILES string of the molecule is Nc1cccc2c1CCCN2Cc1cnoc1. The van der Waals surface area contributed by atoms with Crippen LogP contribution in [0.15, 0.2) is 35.2 Å². The highest BCUT2D eigenvalue weighted by Crippen LogP contribution is 2.32. The van der Waals surface area contributed by atoms with Gasteiger partial charge in [0.15, 0.2) is 0 Å². The third-order valence-electron chi connectivity index (χ3n) is 3.24. The van der Waals surface area contributed by atoms with Crippen LogP contribution in [0.1, 0.15) is 17.5 Å². The number of nitrogen functional groups attached to an aromatic ring is 1. The van der Waals surface area contributed by atoms with E-state index in [4.69, 9.17) is 10.3 Å². The Balaban J connectivity index is 1.92. The molecule has 1 aliphatic rings. The van der Waals surface area contributed by atoms with Crippen LogP contribution in [0.25, 0.3) is 0 Å². The molecule has 1 aromatic heterocycles. The maximum Gasteiger partial charge on any atom is 0.128 e. The second-order valence-electron chi connectivity index (χ2n) is 4.40. The molecular formula is C13H15N3O. The topological polar surface area (TPSA) is 55.3 Å². The van der Waals surface area contributed by atoms with Crippen LogP contribution in [0.2, 0.25) is 0 Å². The highest BCUT2D eigenvalue weighted by atomic mass is 16.5. The van der Waals surface area contributed by atoms with Crippen molar-refractivity contribution in [3.8, 4) is 0 Å². The van der Waals surface area contributed by atoms with E-state index in [0.29, 0.717) is 0 Å². The molecule has 0 saturated carbocycles. The van der Waals surface area contributed by atoms with Gasteiger partial charge >= 0.3 is 0 Å². The monoisotopic (exact) mass is 229 g/mol. The lowest BCUT2D eigenvalue weighted by atomic mass is 9.99. The van der Waals surface area contributed by atoms with Gasteiger partial charge in [-0.1, -0.05) is 11.2 Å². The summed E-state index contributed by atoms with van der Waals surface area (Å²) in [4.78, 5) is 2.34. The van der Waals surface area contributed by atoms with E-state index in [0.717, 1.165) is 37.2 Å². The maximum atomic E-state index is 6.02. The summed E-state index contributed by atoms with van der Waals surface area (Å²) < 4.78 is 4.87. The van der Waals surface area contributed by atoms with Crippen molar-refractivity contribution in [2.45, 2.75) is 19.4 Å². The van der Waals surface area contributed by atoms with E-state index < -0.39 is 0 Å². The van der Waals surface area contributed by atoms with Crippen molar-refractivity contribution in [2.24, 2.45) is 0 Å². The molecule has 2 aromatic rings. The van der Waals surface area contributed by atoms with Crippen molar-refractivity contribution in [3.05, 3.63) is 41.8 Å². The molecule has 0 spiro atoms. The molecule has 3 rings (SSSR count). The number of hydrogen-bond donors (Lipinski definition) is 1. The second kappa shape index (κ2) is 4.13. The minimum Gasteiger partial charge on any atom is -0.398 e. The van der Waals surface area contributed by atoms with Gasteiger partial charge in [0.25, 0.3) is 0 Å². The summed E-state index contributed by atoms with van der Waals surface area (Å²) in [7, 11) is 0. The molecule has 0 atom stereocenters. The predicted molar refractivity (Wildman–Crippen MR) is 66.7 cm³/mol. The number of nitrogens with zero attached hydrogens (tertiary/aromatic N) is 2. The van der Waals surface area contributed by atoms with Gasteiger partial charge in [0.05, 0.1) is 6.20 Å². The molecule has 4 heteroatoms. The molecule has 0 fully saturated rings. The third kappa shape index (κ3) is 1.86. The van der Waals surface area contributed by atoms with E-state index in [9.17, 15) is 0 Å². The molecule has 0 aliphatic carbocycles. The number of hydrogen-bond acceptors (Lipinski definition) is 4. The quantitative estimate of drug-likeness (QED) is 0.802. The van der Waals surface area contributed by atoms with Gasteiger partial charge in [-0.3, -0.25) is 0 Å². The summed E-state index contributed by atoms with van der Waals surface area (Å²) in [5.74, 6) is 0. The summed E-state index contributed by atoms with van der Waals surface area (Å²) in [5.41, 5.74) is 10.5. The minimum absolute atomic E-state index is 0.833. The Labute approximate surface area is 100 Å². The zero-order valence-electron chi connectivity index (χ0n) is 9.60. The van der Waals surface area contributed by atoms with Gasteiger partial charge < -0.3 is 15.2 Å².